The molecule has 0 bridgehead atoms. The van der Waals surface area contributed by atoms with Gasteiger partial charge in [0.15, 0.2) is 11.5 Å². The summed E-state index contributed by atoms with van der Waals surface area (Å²) in [5.74, 6) is 1.59. The Morgan fingerprint density at radius 1 is 0.416 bits per heavy atom. The minimum atomic E-state index is -0.131. The molecule has 13 rings (SSSR count). The average Bonchev–Trinajstić information content (AvgIpc) is 3.96. The van der Waals surface area contributed by atoms with E-state index in [1.807, 2.05) is 11.3 Å². The second-order valence-corrected chi connectivity index (χ2v) is 26.2. The summed E-state index contributed by atoms with van der Waals surface area (Å²) in [6.45, 7) is 28.4. The summed E-state index contributed by atoms with van der Waals surface area (Å²) in [6, 6.07) is 63.1. The quantitative estimate of drug-likeness (QED) is 0.160. The molecule has 0 amide bonds. The Hall–Kier alpha value is -7.54. The van der Waals surface area contributed by atoms with Gasteiger partial charge in [0.05, 0.1) is 5.69 Å². The molecule has 6 heteroatoms. The standard InChI is InChI=1S/C71H67BN2O2S/c1-42-31-61-67-62(32-42)74(68-43(2)33-53(34-44(68)3)71(10,11)12)60-41-64-63(75-29-30-76-64)40-58(60)72(67)57-38-47(48-21-27-56-55-15-13-14-16-65(55)77-66(56)39-48)22-28-59(57)73(61)54-36-49(45-17-23-51(24-18-45)69(4,5)6)35-50(37-54)46-19-25-52(26-20-46)70(7,8)9/h13-28,31-41H,29-30H2,1-12H3. The molecule has 0 saturated heterocycles. The molecule has 0 saturated carbocycles. The second kappa shape index (κ2) is 17.8. The molecule has 0 spiro atoms. The van der Waals surface area contributed by atoms with E-state index in [1.165, 1.54) is 120 Å². The number of ether oxygens (including phenoxy) is 2. The molecule has 77 heavy (non-hydrogen) atoms. The second-order valence-electron chi connectivity index (χ2n) is 25.1. The molecule has 1 aromatic heterocycles. The number of hydrogen-bond acceptors (Lipinski definition) is 5. The van der Waals surface area contributed by atoms with Gasteiger partial charge in [-0.1, -0.05) is 165 Å². The van der Waals surface area contributed by atoms with Gasteiger partial charge in [0.2, 0.25) is 0 Å². The first-order valence-electron chi connectivity index (χ1n) is 27.5. The topological polar surface area (TPSA) is 24.9 Å². The monoisotopic (exact) mass is 1020 g/mol. The molecule has 3 aliphatic heterocycles. The highest BCUT2D eigenvalue weighted by atomic mass is 32.1. The molecule has 0 unspecified atom stereocenters. The van der Waals surface area contributed by atoms with Crippen LogP contribution in [0.1, 0.15) is 95.7 Å². The Labute approximate surface area is 460 Å². The van der Waals surface area contributed by atoms with Crippen LogP contribution in [0.25, 0.3) is 53.6 Å². The van der Waals surface area contributed by atoms with Gasteiger partial charge in [-0.05, 0) is 175 Å². The van der Waals surface area contributed by atoms with Crippen LogP contribution in [-0.2, 0) is 16.2 Å². The largest absolute Gasteiger partial charge is 0.486 e. The van der Waals surface area contributed by atoms with E-state index in [9.17, 15) is 0 Å². The summed E-state index contributed by atoms with van der Waals surface area (Å²) in [7, 11) is 0. The van der Waals surface area contributed by atoms with Gasteiger partial charge in [-0.15, -0.1) is 11.3 Å². The zero-order valence-corrected chi connectivity index (χ0v) is 47.5. The highest BCUT2D eigenvalue weighted by molar-refractivity contribution is 7.25. The fourth-order valence-electron chi connectivity index (χ4n) is 12.4. The summed E-state index contributed by atoms with van der Waals surface area (Å²) in [4.78, 5) is 5.14. The van der Waals surface area contributed by atoms with Crippen LogP contribution in [0.4, 0.5) is 34.1 Å². The maximum absolute atomic E-state index is 6.53. The van der Waals surface area contributed by atoms with Gasteiger partial charge in [-0.3, -0.25) is 0 Å². The number of thiophene rings is 1. The van der Waals surface area contributed by atoms with E-state index in [2.05, 4.69) is 257 Å². The average molecular weight is 1020 g/mol. The van der Waals surface area contributed by atoms with Crippen LogP contribution in [-0.4, -0.2) is 19.9 Å². The van der Waals surface area contributed by atoms with Crippen molar-refractivity contribution in [2.75, 3.05) is 23.0 Å². The highest BCUT2D eigenvalue weighted by Crippen LogP contribution is 2.50. The number of anilines is 6. The van der Waals surface area contributed by atoms with Crippen molar-refractivity contribution in [1.82, 2.24) is 0 Å². The van der Waals surface area contributed by atoms with Crippen molar-refractivity contribution >= 4 is 88.7 Å². The number of rotatable bonds is 5. The predicted octanol–water partition coefficient (Wildman–Crippen LogP) is 17.7. The normalized spacial score (nSPS) is 14.0. The van der Waals surface area contributed by atoms with Crippen molar-refractivity contribution < 1.29 is 9.47 Å². The highest BCUT2D eigenvalue weighted by Gasteiger charge is 2.45. The first-order valence-corrected chi connectivity index (χ1v) is 28.3. The van der Waals surface area contributed by atoms with E-state index in [0.29, 0.717) is 13.2 Å². The molecule has 10 aromatic rings. The van der Waals surface area contributed by atoms with Crippen molar-refractivity contribution in [2.24, 2.45) is 0 Å². The van der Waals surface area contributed by atoms with Gasteiger partial charge in [0.1, 0.15) is 13.2 Å². The molecular weight excluding hydrogens is 956 g/mol. The zero-order valence-electron chi connectivity index (χ0n) is 46.7. The molecule has 0 N–H and O–H groups in total. The summed E-state index contributed by atoms with van der Waals surface area (Å²) in [6.07, 6.45) is 0. The molecule has 0 radical (unpaired) electrons. The van der Waals surface area contributed by atoms with E-state index < -0.39 is 0 Å². The number of nitrogens with zero attached hydrogens (tertiary/aromatic N) is 2. The summed E-state index contributed by atoms with van der Waals surface area (Å²) < 4.78 is 15.6. The SMILES string of the molecule is Cc1cc2c3c(c1)N(c1c(C)cc(C(C)(C)C)cc1C)c1cc4c(cc1B3c1cc(-c3ccc5c(c3)sc3ccccc35)ccc1N2c1cc(-c2ccc(C(C)(C)C)cc2)cc(-c2ccc(C(C)(C)C)cc2)c1)OCCO4. The molecule has 3 aliphatic rings. The van der Waals surface area contributed by atoms with Crippen molar-refractivity contribution in [2.45, 2.75) is 99.3 Å². The van der Waals surface area contributed by atoms with Gasteiger partial charge >= 0.3 is 0 Å². The predicted molar refractivity (Wildman–Crippen MR) is 331 cm³/mol. The van der Waals surface area contributed by atoms with Crippen LogP contribution >= 0.6 is 11.3 Å². The fourth-order valence-corrected chi connectivity index (χ4v) is 13.6. The summed E-state index contributed by atoms with van der Waals surface area (Å²) in [5.41, 5.74) is 25.6. The van der Waals surface area contributed by atoms with E-state index >= 15 is 0 Å². The smallest absolute Gasteiger partial charge is 0.252 e. The Bertz CT molecular complexity index is 3930. The van der Waals surface area contributed by atoms with E-state index in [1.54, 1.807) is 0 Å². The molecule has 0 aliphatic carbocycles. The first kappa shape index (κ1) is 49.1. The van der Waals surface area contributed by atoms with Gasteiger partial charge in [0, 0.05) is 54.7 Å². The molecule has 0 atom stereocenters. The fraction of sp³-hybridized carbons (Fsp3) is 0.239. The van der Waals surface area contributed by atoms with E-state index in [4.69, 9.17) is 9.47 Å². The van der Waals surface area contributed by atoms with E-state index in [0.717, 1.165) is 28.6 Å². The van der Waals surface area contributed by atoms with Gasteiger partial charge in [-0.25, -0.2) is 0 Å². The Kier molecular flexibility index (Phi) is 11.3. The maximum atomic E-state index is 6.53. The van der Waals surface area contributed by atoms with Gasteiger partial charge < -0.3 is 19.3 Å². The molecule has 382 valence electrons. The number of hydrogen-bond donors (Lipinski definition) is 0. The number of fused-ring (bicyclic) bond motifs is 8. The maximum Gasteiger partial charge on any atom is 0.252 e. The molecule has 4 nitrogen and oxygen atoms in total. The van der Waals surface area contributed by atoms with Crippen molar-refractivity contribution in [3.05, 3.63) is 197 Å². The lowest BCUT2D eigenvalue weighted by Gasteiger charge is -2.45. The lowest BCUT2D eigenvalue weighted by atomic mass is 9.33. The van der Waals surface area contributed by atoms with Crippen LogP contribution in [0, 0.1) is 20.8 Å². The van der Waals surface area contributed by atoms with Crippen LogP contribution < -0.4 is 35.7 Å². The van der Waals surface area contributed by atoms with Gasteiger partial charge in [-0.2, -0.15) is 0 Å². The summed E-state index contributed by atoms with van der Waals surface area (Å²) in [5, 5.41) is 2.62. The van der Waals surface area contributed by atoms with Crippen LogP contribution in [0.5, 0.6) is 11.5 Å². The first-order chi connectivity index (χ1) is 36.8. The minimum absolute atomic E-state index is 0.00816. The third kappa shape index (κ3) is 8.34. The van der Waals surface area contributed by atoms with Crippen LogP contribution in [0.2, 0.25) is 0 Å². The van der Waals surface area contributed by atoms with Crippen LogP contribution in [0.3, 0.4) is 0 Å². The molecule has 9 aromatic carbocycles. The van der Waals surface area contributed by atoms with Crippen molar-refractivity contribution in [1.29, 1.82) is 0 Å². The third-order valence-corrected chi connectivity index (χ3v) is 17.6. The molecule has 4 heterocycles. The number of benzene rings is 9. The number of aryl methyl sites for hydroxylation is 3. The summed E-state index contributed by atoms with van der Waals surface area (Å²) >= 11 is 1.87. The Morgan fingerprint density at radius 3 is 1.55 bits per heavy atom. The molecular formula is C71H67BN2O2S. The zero-order chi connectivity index (χ0) is 53.4. The van der Waals surface area contributed by atoms with Crippen LogP contribution in [0.15, 0.2) is 164 Å². The van der Waals surface area contributed by atoms with Gasteiger partial charge in [0.25, 0.3) is 6.71 Å². The van der Waals surface area contributed by atoms with E-state index in [-0.39, 0.29) is 23.0 Å². The minimum Gasteiger partial charge on any atom is -0.486 e. The van der Waals surface area contributed by atoms with Crippen molar-refractivity contribution in [3.63, 3.8) is 0 Å². The lowest BCUT2D eigenvalue weighted by molar-refractivity contribution is 0.172. The molecule has 0 fully saturated rings. The lowest BCUT2D eigenvalue weighted by Crippen LogP contribution is -2.61. The Balaban J connectivity index is 1.10. The third-order valence-electron chi connectivity index (χ3n) is 16.5. The van der Waals surface area contributed by atoms with Crippen molar-refractivity contribution in [3.8, 4) is 44.9 Å². The Morgan fingerprint density at radius 2 is 0.935 bits per heavy atom.